The predicted octanol–water partition coefficient (Wildman–Crippen LogP) is 1.18. The van der Waals surface area contributed by atoms with Gasteiger partial charge in [-0.1, -0.05) is 12.7 Å². The van der Waals surface area contributed by atoms with E-state index < -0.39 is 0 Å². The van der Waals surface area contributed by atoms with Crippen molar-refractivity contribution in [2.45, 2.75) is 0 Å². The van der Waals surface area contributed by atoms with E-state index in [2.05, 4.69) is 11.5 Å². The van der Waals surface area contributed by atoms with Gasteiger partial charge in [0.05, 0.1) is 0 Å². The highest BCUT2D eigenvalue weighted by Gasteiger charge is 1.54. The van der Waals surface area contributed by atoms with Crippen molar-refractivity contribution in [3.63, 3.8) is 0 Å². The first-order chi connectivity index (χ1) is 2.91. The number of rotatable bonds is 2. The van der Waals surface area contributed by atoms with E-state index >= 15 is 0 Å². The van der Waals surface area contributed by atoms with Gasteiger partial charge in [-0.25, -0.2) is 5.26 Å². The minimum absolute atomic E-state index is 1.12. The lowest BCUT2D eigenvalue weighted by atomic mass is 10.6. The second-order valence-electron chi connectivity index (χ2n) is 0.670. The Morgan fingerprint density at radius 2 is 2.33 bits per heavy atom. The maximum Gasteiger partial charge on any atom is 0.129 e. The van der Waals surface area contributed by atoms with Gasteiger partial charge in [0.15, 0.2) is 0 Å². The molecule has 34 valence electrons. The maximum atomic E-state index is 7.56. The van der Waals surface area contributed by atoms with Crippen LogP contribution in [0.5, 0.6) is 0 Å². The molecule has 2 heteroatoms. The number of allylic oxidation sites excluding steroid dienone is 2. The molecular formula is C4H6O2. The van der Waals surface area contributed by atoms with Crippen molar-refractivity contribution in [2.24, 2.45) is 0 Å². The number of hydrogen-bond donors (Lipinski definition) is 1. The Balaban J connectivity index is 2.94. The summed E-state index contributed by atoms with van der Waals surface area (Å²) in [7, 11) is 0. The zero-order chi connectivity index (χ0) is 4.83. The third kappa shape index (κ3) is 3.24. The molecule has 0 aliphatic heterocycles. The molecule has 2 nitrogen and oxygen atoms in total. The van der Waals surface area contributed by atoms with Gasteiger partial charge in [0.25, 0.3) is 0 Å². The summed E-state index contributed by atoms with van der Waals surface area (Å²) in [6, 6.07) is 0. The lowest BCUT2D eigenvalue weighted by Gasteiger charge is -1.74. The lowest BCUT2D eigenvalue weighted by Crippen LogP contribution is -1.60. The molecule has 6 heavy (non-hydrogen) atoms. The Morgan fingerprint density at radius 3 is 2.50 bits per heavy atom. The van der Waals surface area contributed by atoms with Crippen molar-refractivity contribution >= 4 is 0 Å². The quantitative estimate of drug-likeness (QED) is 0.236. The van der Waals surface area contributed by atoms with Gasteiger partial charge in [0.1, 0.15) is 6.26 Å². The van der Waals surface area contributed by atoms with Crippen LogP contribution >= 0.6 is 0 Å². The monoisotopic (exact) mass is 86.0 g/mol. The summed E-state index contributed by atoms with van der Waals surface area (Å²) in [5.41, 5.74) is 0. The standard InChI is InChI=1S/C4H6O2/c1-2-3-4-6-5/h2-5H,1H2/b4-3+. The molecule has 0 atom stereocenters. The van der Waals surface area contributed by atoms with Crippen LogP contribution < -0.4 is 0 Å². The molecule has 0 aliphatic carbocycles. The van der Waals surface area contributed by atoms with Crippen molar-refractivity contribution in [3.8, 4) is 0 Å². The average Bonchev–Trinajstić information content (AvgIpc) is 1.61. The minimum Gasteiger partial charge on any atom is -0.348 e. The molecule has 0 fully saturated rings. The van der Waals surface area contributed by atoms with Crippen LogP contribution in [0.3, 0.4) is 0 Å². The first-order valence-electron chi connectivity index (χ1n) is 1.49. The minimum atomic E-state index is 1.12. The normalized spacial score (nSPS) is 8.83. The molecule has 0 saturated heterocycles. The molecule has 0 aromatic heterocycles. The fraction of sp³-hybridized carbons (Fsp3) is 0. The van der Waals surface area contributed by atoms with Crippen molar-refractivity contribution < 1.29 is 10.1 Å². The van der Waals surface area contributed by atoms with Gasteiger partial charge in [-0.05, 0) is 6.08 Å². The molecular weight excluding hydrogens is 80.0 g/mol. The summed E-state index contributed by atoms with van der Waals surface area (Å²) in [6.07, 6.45) is 4.09. The van der Waals surface area contributed by atoms with Gasteiger partial charge in [0.2, 0.25) is 0 Å². The van der Waals surface area contributed by atoms with Crippen LogP contribution in [0.15, 0.2) is 25.0 Å². The van der Waals surface area contributed by atoms with Gasteiger partial charge in [0, 0.05) is 0 Å². The first kappa shape index (κ1) is 5.24. The molecule has 0 rings (SSSR count). The van der Waals surface area contributed by atoms with Crippen LogP contribution in [0.25, 0.3) is 0 Å². The fourth-order valence-electron chi connectivity index (χ4n) is 0.0907. The number of hydrogen-bond acceptors (Lipinski definition) is 2. The highest BCUT2D eigenvalue weighted by atomic mass is 17.1. The van der Waals surface area contributed by atoms with E-state index in [9.17, 15) is 0 Å². The maximum absolute atomic E-state index is 7.56. The Kier molecular flexibility index (Phi) is 3.70. The third-order valence-electron chi connectivity index (χ3n) is 0.276. The summed E-state index contributed by atoms with van der Waals surface area (Å²) in [4.78, 5) is 3.53. The zero-order valence-corrected chi connectivity index (χ0v) is 3.29. The molecule has 0 amide bonds. The SMILES string of the molecule is C=C/C=C/OO. The molecule has 0 saturated carbocycles. The Labute approximate surface area is 36.3 Å². The van der Waals surface area contributed by atoms with Crippen molar-refractivity contribution in [1.82, 2.24) is 0 Å². The van der Waals surface area contributed by atoms with E-state index in [1.54, 1.807) is 0 Å². The summed E-state index contributed by atoms with van der Waals surface area (Å²) in [5.74, 6) is 0. The second-order valence-corrected chi connectivity index (χ2v) is 0.670. The lowest BCUT2D eigenvalue weighted by molar-refractivity contribution is -0.186. The predicted molar refractivity (Wildman–Crippen MR) is 23.1 cm³/mol. The molecule has 0 aromatic rings. The van der Waals surface area contributed by atoms with Gasteiger partial charge in [-0.15, -0.1) is 0 Å². The van der Waals surface area contributed by atoms with Crippen LogP contribution in [0.1, 0.15) is 0 Å². The summed E-state index contributed by atoms with van der Waals surface area (Å²) >= 11 is 0. The summed E-state index contributed by atoms with van der Waals surface area (Å²) in [6.45, 7) is 3.32. The van der Waals surface area contributed by atoms with E-state index in [1.807, 2.05) is 0 Å². The highest BCUT2D eigenvalue weighted by Crippen LogP contribution is 1.68. The van der Waals surface area contributed by atoms with E-state index in [0.717, 1.165) is 6.26 Å². The van der Waals surface area contributed by atoms with Gasteiger partial charge < -0.3 is 4.89 Å². The van der Waals surface area contributed by atoms with Crippen molar-refractivity contribution in [3.05, 3.63) is 25.0 Å². The Hall–Kier alpha value is -0.760. The molecule has 0 spiro atoms. The van der Waals surface area contributed by atoms with E-state index in [-0.39, 0.29) is 0 Å². The van der Waals surface area contributed by atoms with Crippen LogP contribution in [0.4, 0.5) is 0 Å². The molecule has 0 bridgehead atoms. The van der Waals surface area contributed by atoms with Crippen LogP contribution in [0.2, 0.25) is 0 Å². The van der Waals surface area contributed by atoms with Crippen LogP contribution in [0, 0.1) is 0 Å². The van der Waals surface area contributed by atoms with E-state index in [0.29, 0.717) is 0 Å². The second kappa shape index (κ2) is 4.24. The third-order valence-corrected chi connectivity index (χ3v) is 0.276. The first-order valence-corrected chi connectivity index (χ1v) is 1.49. The average molecular weight is 86.1 g/mol. The van der Waals surface area contributed by atoms with Crippen LogP contribution in [-0.4, -0.2) is 5.26 Å². The zero-order valence-electron chi connectivity index (χ0n) is 3.29. The Bertz CT molecular complexity index is 56.6. The molecule has 0 unspecified atom stereocenters. The molecule has 1 N–H and O–H groups in total. The van der Waals surface area contributed by atoms with Crippen molar-refractivity contribution in [2.75, 3.05) is 0 Å². The van der Waals surface area contributed by atoms with Crippen molar-refractivity contribution in [1.29, 1.82) is 0 Å². The molecule has 0 aromatic carbocycles. The molecule has 0 aliphatic rings. The largest absolute Gasteiger partial charge is 0.348 e. The molecule has 0 radical (unpaired) electrons. The van der Waals surface area contributed by atoms with E-state index in [4.69, 9.17) is 5.26 Å². The highest BCUT2D eigenvalue weighted by molar-refractivity contribution is 4.92. The molecule has 0 heterocycles. The fourth-order valence-corrected chi connectivity index (χ4v) is 0.0907. The smallest absolute Gasteiger partial charge is 0.129 e. The van der Waals surface area contributed by atoms with E-state index in [1.165, 1.54) is 12.2 Å². The van der Waals surface area contributed by atoms with Gasteiger partial charge in [-0.3, -0.25) is 0 Å². The van der Waals surface area contributed by atoms with Gasteiger partial charge >= 0.3 is 0 Å². The summed E-state index contributed by atoms with van der Waals surface area (Å²) < 4.78 is 0. The van der Waals surface area contributed by atoms with Gasteiger partial charge in [-0.2, -0.15) is 0 Å². The topological polar surface area (TPSA) is 29.5 Å². The van der Waals surface area contributed by atoms with Crippen LogP contribution in [-0.2, 0) is 4.89 Å². The Morgan fingerprint density at radius 1 is 1.67 bits per heavy atom. The summed E-state index contributed by atoms with van der Waals surface area (Å²) in [5, 5.41) is 7.56.